The fraction of sp³-hybridized carbons (Fsp3) is 0.632. The minimum absolute atomic E-state index is 0.190. The first-order chi connectivity index (χ1) is 12.1. The number of ether oxygens (including phenoxy) is 2. The molecule has 0 spiro atoms. The smallest absolute Gasteiger partial charge is 0.319 e. The van der Waals surface area contributed by atoms with Crippen LogP contribution in [0.4, 0.5) is 10.5 Å². The number of carbonyl (C=O) groups is 1. The summed E-state index contributed by atoms with van der Waals surface area (Å²) in [5, 5.41) is 5.89. The maximum Gasteiger partial charge on any atom is 0.319 e. The molecule has 1 aromatic carbocycles. The van der Waals surface area contributed by atoms with E-state index in [9.17, 15) is 4.79 Å². The van der Waals surface area contributed by atoms with Crippen molar-refractivity contribution in [3.8, 4) is 11.5 Å². The minimum atomic E-state index is -0.190. The van der Waals surface area contributed by atoms with Gasteiger partial charge in [0.25, 0.3) is 0 Å². The molecule has 0 aliphatic carbocycles. The summed E-state index contributed by atoms with van der Waals surface area (Å²) in [5.74, 6) is 2.96. The maximum atomic E-state index is 12.3. The van der Waals surface area contributed by atoms with Crippen LogP contribution in [0.15, 0.2) is 18.2 Å². The van der Waals surface area contributed by atoms with Crippen molar-refractivity contribution in [2.45, 2.75) is 32.2 Å². The van der Waals surface area contributed by atoms with Gasteiger partial charge in [0.15, 0.2) is 0 Å². The number of methoxy groups -OCH3 is 2. The summed E-state index contributed by atoms with van der Waals surface area (Å²) < 4.78 is 10.5. The van der Waals surface area contributed by atoms with Gasteiger partial charge < -0.3 is 20.1 Å². The van der Waals surface area contributed by atoms with Gasteiger partial charge in [0.1, 0.15) is 11.5 Å². The van der Waals surface area contributed by atoms with Crippen molar-refractivity contribution in [1.82, 2.24) is 10.2 Å². The number of hydrogen-bond donors (Lipinski definition) is 2. The van der Waals surface area contributed by atoms with Crippen molar-refractivity contribution in [2.75, 3.05) is 39.2 Å². The first-order valence-electron chi connectivity index (χ1n) is 9.15. The quantitative estimate of drug-likeness (QED) is 0.830. The van der Waals surface area contributed by atoms with Gasteiger partial charge in [0.05, 0.1) is 14.2 Å². The number of nitrogens with zero attached hydrogens (tertiary/aromatic N) is 1. The number of benzene rings is 1. The third kappa shape index (κ3) is 4.18. The highest BCUT2D eigenvalue weighted by Gasteiger charge is 2.38. The number of urea groups is 1. The third-order valence-corrected chi connectivity index (χ3v) is 5.65. The number of amides is 2. The molecule has 2 bridgehead atoms. The van der Waals surface area contributed by atoms with Crippen molar-refractivity contribution < 1.29 is 14.3 Å². The third-order valence-electron chi connectivity index (χ3n) is 5.65. The van der Waals surface area contributed by atoms with Gasteiger partial charge in [-0.05, 0) is 31.2 Å². The molecule has 3 fully saturated rings. The molecule has 25 heavy (non-hydrogen) atoms. The maximum absolute atomic E-state index is 12.3. The van der Waals surface area contributed by atoms with Crippen LogP contribution in [0.2, 0.25) is 0 Å². The molecule has 1 unspecified atom stereocenters. The Hall–Kier alpha value is -1.95. The number of hydrogen-bond acceptors (Lipinski definition) is 4. The number of carbonyl (C=O) groups excluding carboxylic acids is 1. The molecule has 1 aromatic rings. The first-order valence-corrected chi connectivity index (χ1v) is 9.15. The normalized spacial score (nSPS) is 27.6. The van der Waals surface area contributed by atoms with E-state index >= 15 is 0 Å². The Kier molecular flexibility index (Phi) is 5.68. The SMILES string of the molecule is CC[C@@H]1CN2CC[C@H]1C[C@@H]2CNC(=O)Nc1cc(OC)cc(OC)c1. The van der Waals surface area contributed by atoms with Gasteiger partial charge in [-0.1, -0.05) is 13.3 Å². The summed E-state index contributed by atoms with van der Waals surface area (Å²) in [6, 6.07) is 5.61. The van der Waals surface area contributed by atoms with Crippen LogP contribution in [-0.2, 0) is 0 Å². The van der Waals surface area contributed by atoms with E-state index < -0.39 is 0 Å². The topological polar surface area (TPSA) is 62.8 Å². The summed E-state index contributed by atoms with van der Waals surface area (Å²) in [7, 11) is 3.18. The summed E-state index contributed by atoms with van der Waals surface area (Å²) in [6.07, 6.45) is 3.77. The molecule has 138 valence electrons. The van der Waals surface area contributed by atoms with E-state index in [4.69, 9.17) is 9.47 Å². The molecule has 4 rings (SSSR count). The average Bonchev–Trinajstić information content (AvgIpc) is 2.66. The highest BCUT2D eigenvalue weighted by Crippen LogP contribution is 2.37. The van der Waals surface area contributed by atoms with Gasteiger partial charge >= 0.3 is 6.03 Å². The number of fused-ring (bicyclic) bond motifs is 3. The molecule has 2 amide bonds. The van der Waals surface area contributed by atoms with Gasteiger partial charge in [0.2, 0.25) is 0 Å². The van der Waals surface area contributed by atoms with Crippen LogP contribution in [-0.4, -0.2) is 50.8 Å². The lowest BCUT2D eigenvalue weighted by molar-refractivity contribution is 0.00159. The lowest BCUT2D eigenvalue weighted by atomic mass is 9.74. The van der Waals surface area contributed by atoms with Crippen LogP contribution in [0.25, 0.3) is 0 Å². The number of piperidine rings is 3. The van der Waals surface area contributed by atoms with E-state index in [1.165, 1.54) is 32.4 Å². The van der Waals surface area contributed by atoms with Crippen molar-refractivity contribution in [1.29, 1.82) is 0 Å². The zero-order valence-electron chi connectivity index (χ0n) is 15.4. The second-order valence-corrected chi connectivity index (χ2v) is 7.04. The van der Waals surface area contributed by atoms with Gasteiger partial charge in [0, 0.05) is 43.0 Å². The molecule has 3 saturated heterocycles. The summed E-state index contributed by atoms with van der Waals surface area (Å²) in [6.45, 7) is 5.33. The molecule has 0 radical (unpaired) electrons. The van der Waals surface area contributed by atoms with E-state index in [1.54, 1.807) is 32.4 Å². The summed E-state index contributed by atoms with van der Waals surface area (Å²) >= 11 is 0. The van der Waals surface area contributed by atoms with Crippen LogP contribution in [0, 0.1) is 11.8 Å². The van der Waals surface area contributed by atoms with Crippen LogP contribution in [0.1, 0.15) is 26.2 Å². The number of anilines is 1. The van der Waals surface area contributed by atoms with E-state index in [-0.39, 0.29) is 6.03 Å². The second-order valence-electron chi connectivity index (χ2n) is 7.04. The van der Waals surface area contributed by atoms with Crippen LogP contribution >= 0.6 is 0 Å². The fourth-order valence-electron chi connectivity index (χ4n) is 4.19. The Bertz CT molecular complexity index is 585. The Morgan fingerprint density at radius 3 is 2.52 bits per heavy atom. The lowest BCUT2D eigenvalue weighted by Gasteiger charge is -2.49. The van der Waals surface area contributed by atoms with Gasteiger partial charge in [-0.15, -0.1) is 0 Å². The largest absolute Gasteiger partial charge is 0.497 e. The summed E-state index contributed by atoms with van der Waals surface area (Å²) in [5.41, 5.74) is 0.658. The molecule has 3 heterocycles. The van der Waals surface area contributed by atoms with Crippen molar-refractivity contribution in [3.63, 3.8) is 0 Å². The standard InChI is InChI=1S/C19H29N3O3/c1-4-13-12-22-6-5-14(13)7-16(22)11-20-19(23)21-15-8-17(24-2)10-18(9-15)25-3/h8-10,13-14,16H,4-7,11-12H2,1-3H3,(H2,20,21,23)/t13-,14+,16-/m1/s1. The summed E-state index contributed by atoms with van der Waals surface area (Å²) in [4.78, 5) is 14.8. The fourth-order valence-corrected chi connectivity index (χ4v) is 4.19. The molecule has 3 aliphatic rings. The second kappa shape index (κ2) is 7.95. The Morgan fingerprint density at radius 1 is 1.24 bits per heavy atom. The highest BCUT2D eigenvalue weighted by atomic mass is 16.5. The Morgan fingerprint density at radius 2 is 1.96 bits per heavy atom. The zero-order chi connectivity index (χ0) is 17.8. The predicted octanol–water partition coefficient (Wildman–Crippen LogP) is 2.95. The molecule has 3 aliphatic heterocycles. The minimum Gasteiger partial charge on any atom is -0.497 e. The molecule has 0 aromatic heterocycles. The zero-order valence-corrected chi connectivity index (χ0v) is 15.4. The first kappa shape index (κ1) is 17.9. The monoisotopic (exact) mass is 347 g/mol. The van der Waals surface area contributed by atoms with Crippen molar-refractivity contribution in [2.24, 2.45) is 11.8 Å². The van der Waals surface area contributed by atoms with Gasteiger partial charge in [-0.25, -0.2) is 4.79 Å². The lowest BCUT2D eigenvalue weighted by Crippen LogP contribution is -2.56. The van der Waals surface area contributed by atoms with Crippen molar-refractivity contribution >= 4 is 11.7 Å². The average molecular weight is 347 g/mol. The van der Waals surface area contributed by atoms with Gasteiger partial charge in [-0.2, -0.15) is 0 Å². The van der Waals surface area contributed by atoms with E-state index in [0.717, 1.165) is 11.8 Å². The van der Waals surface area contributed by atoms with E-state index in [0.29, 0.717) is 29.8 Å². The Labute approximate surface area is 149 Å². The Balaban J connectivity index is 1.52. The molecule has 0 saturated carbocycles. The number of rotatable bonds is 6. The molecular weight excluding hydrogens is 318 g/mol. The van der Waals surface area contributed by atoms with Gasteiger partial charge in [-0.3, -0.25) is 4.90 Å². The molecule has 4 atom stereocenters. The van der Waals surface area contributed by atoms with Crippen LogP contribution < -0.4 is 20.1 Å². The molecule has 6 heteroatoms. The van der Waals surface area contributed by atoms with E-state index in [2.05, 4.69) is 22.5 Å². The van der Waals surface area contributed by atoms with Crippen LogP contribution in [0.5, 0.6) is 11.5 Å². The number of nitrogens with one attached hydrogen (secondary N) is 2. The molecule has 6 nitrogen and oxygen atoms in total. The molecular formula is C19H29N3O3. The van der Waals surface area contributed by atoms with E-state index in [1.807, 2.05) is 0 Å². The highest BCUT2D eigenvalue weighted by molar-refractivity contribution is 5.89. The molecule has 2 N–H and O–H groups in total. The van der Waals surface area contributed by atoms with Crippen molar-refractivity contribution in [3.05, 3.63) is 18.2 Å². The predicted molar refractivity (Wildman–Crippen MR) is 98.4 cm³/mol. The van der Waals surface area contributed by atoms with Crippen LogP contribution in [0.3, 0.4) is 0 Å².